The molecule has 0 fully saturated rings. The molecule has 5 nitrogen and oxygen atoms in total. The van der Waals surface area contributed by atoms with Crippen molar-refractivity contribution >= 4 is 5.91 Å². The zero-order valence-corrected chi connectivity index (χ0v) is 11.3. The van der Waals surface area contributed by atoms with E-state index in [1.807, 2.05) is 24.3 Å². The topological polar surface area (TPSA) is 60.7 Å². The summed E-state index contributed by atoms with van der Waals surface area (Å²) in [4.78, 5) is 11.7. The van der Waals surface area contributed by atoms with Gasteiger partial charge in [0.1, 0.15) is 12.4 Å². The lowest BCUT2D eigenvalue weighted by Crippen LogP contribution is -2.22. The van der Waals surface area contributed by atoms with Crippen LogP contribution in [-0.2, 0) is 11.3 Å². The maximum Gasteiger partial charge on any atom is 0.287 e. The lowest BCUT2D eigenvalue weighted by Gasteiger charge is -2.07. The molecule has 1 N–H and O–H groups in total. The van der Waals surface area contributed by atoms with Gasteiger partial charge in [0.25, 0.3) is 5.91 Å². The molecule has 0 unspecified atom stereocenters. The third kappa shape index (κ3) is 4.13. The van der Waals surface area contributed by atoms with E-state index >= 15 is 0 Å². The lowest BCUT2D eigenvalue weighted by atomic mass is 10.2. The van der Waals surface area contributed by atoms with Gasteiger partial charge >= 0.3 is 0 Å². The van der Waals surface area contributed by atoms with Gasteiger partial charge in [0.05, 0.1) is 12.9 Å². The second kappa shape index (κ2) is 7.35. The molecule has 0 aliphatic rings. The number of hydrogen-bond acceptors (Lipinski definition) is 4. The highest BCUT2D eigenvalue weighted by Crippen LogP contribution is 2.12. The molecule has 20 heavy (non-hydrogen) atoms. The third-order valence-corrected chi connectivity index (χ3v) is 2.68. The SMILES string of the molecule is COCCOc1ccc(CNC(=O)c2ccco2)cc1. The Labute approximate surface area is 117 Å². The zero-order chi connectivity index (χ0) is 14.2. The molecule has 0 spiro atoms. The number of rotatable bonds is 7. The van der Waals surface area contributed by atoms with Crippen LogP contribution < -0.4 is 10.1 Å². The summed E-state index contributed by atoms with van der Waals surface area (Å²) < 4.78 is 15.4. The number of methoxy groups -OCH3 is 1. The van der Waals surface area contributed by atoms with Crippen LogP contribution in [0.25, 0.3) is 0 Å². The minimum Gasteiger partial charge on any atom is -0.491 e. The molecule has 0 aliphatic heterocycles. The first kappa shape index (κ1) is 14.1. The Morgan fingerprint density at radius 2 is 2.00 bits per heavy atom. The van der Waals surface area contributed by atoms with Gasteiger partial charge in [-0.2, -0.15) is 0 Å². The average molecular weight is 275 g/mol. The Bertz CT molecular complexity index is 519. The zero-order valence-electron chi connectivity index (χ0n) is 11.3. The highest BCUT2D eigenvalue weighted by Gasteiger charge is 2.07. The van der Waals surface area contributed by atoms with E-state index in [-0.39, 0.29) is 5.91 Å². The van der Waals surface area contributed by atoms with Crippen LogP contribution in [0, 0.1) is 0 Å². The van der Waals surface area contributed by atoms with E-state index < -0.39 is 0 Å². The van der Waals surface area contributed by atoms with Crippen molar-refractivity contribution in [3.63, 3.8) is 0 Å². The first-order valence-electron chi connectivity index (χ1n) is 6.32. The number of hydrogen-bond donors (Lipinski definition) is 1. The van der Waals surface area contributed by atoms with Gasteiger partial charge in [-0.3, -0.25) is 4.79 Å². The number of amides is 1. The molecular formula is C15H17NO4. The van der Waals surface area contributed by atoms with E-state index in [1.54, 1.807) is 19.2 Å². The summed E-state index contributed by atoms with van der Waals surface area (Å²) in [6, 6.07) is 10.9. The van der Waals surface area contributed by atoms with Crippen LogP contribution in [0.3, 0.4) is 0 Å². The predicted octanol–water partition coefficient (Wildman–Crippen LogP) is 2.23. The second-order valence-corrected chi connectivity index (χ2v) is 4.15. The maximum absolute atomic E-state index is 11.7. The quantitative estimate of drug-likeness (QED) is 0.787. The fourth-order valence-corrected chi connectivity index (χ4v) is 1.62. The van der Waals surface area contributed by atoms with Gasteiger partial charge in [0, 0.05) is 13.7 Å². The Kier molecular flexibility index (Phi) is 5.20. The van der Waals surface area contributed by atoms with Gasteiger partial charge in [0.2, 0.25) is 0 Å². The molecule has 1 aromatic heterocycles. The minimum absolute atomic E-state index is 0.226. The number of benzene rings is 1. The van der Waals surface area contributed by atoms with Gasteiger partial charge in [-0.15, -0.1) is 0 Å². The Morgan fingerprint density at radius 3 is 2.65 bits per heavy atom. The first-order valence-corrected chi connectivity index (χ1v) is 6.32. The Morgan fingerprint density at radius 1 is 1.20 bits per heavy atom. The molecule has 0 aliphatic carbocycles. The van der Waals surface area contributed by atoms with Crippen molar-refractivity contribution in [2.75, 3.05) is 20.3 Å². The van der Waals surface area contributed by atoms with Crippen molar-refractivity contribution in [1.29, 1.82) is 0 Å². The van der Waals surface area contributed by atoms with E-state index in [0.717, 1.165) is 11.3 Å². The van der Waals surface area contributed by atoms with Gasteiger partial charge in [0.15, 0.2) is 5.76 Å². The summed E-state index contributed by atoms with van der Waals surface area (Å²) in [6.45, 7) is 1.52. The van der Waals surface area contributed by atoms with E-state index in [9.17, 15) is 4.79 Å². The lowest BCUT2D eigenvalue weighted by molar-refractivity contribution is 0.0923. The van der Waals surface area contributed by atoms with Gasteiger partial charge in [-0.05, 0) is 29.8 Å². The van der Waals surface area contributed by atoms with E-state index in [0.29, 0.717) is 25.5 Å². The number of carbonyl (C=O) groups excluding carboxylic acids is 1. The number of nitrogens with one attached hydrogen (secondary N) is 1. The normalized spacial score (nSPS) is 10.2. The van der Waals surface area contributed by atoms with Crippen LogP contribution in [0.5, 0.6) is 5.75 Å². The molecule has 0 saturated heterocycles. The number of furan rings is 1. The monoisotopic (exact) mass is 275 g/mol. The highest BCUT2D eigenvalue weighted by molar-refractivity contribution is 5.91. The molecule has 1 aromatic carbocycles. The van der Waals surface area contributed by atoms with Crippen LogP contribution in [0.4, 0.5) is 0 Å². The molecule has 5 heteroatoms. The molecule has 2 rings (SSSR count). The van der Waals surface area contributed by atoms with Crippen molar-refractivity contribution in [1.82, 2.24) is 5.32 Å². The molecule has 0 bridgehead atoms. The largest absolute Gasteiger partial charge is 0.491 e. The van der Waals surface area contributed by atoms with Crippen molar-refractivity contribution in [2.45, 2.75) is 6.54 Å². The van der Waals surface area contributed by atoms with Crippen LogP contribution in [0.1, 0.15) is 16.1 Å². The molecule has 0 atom stereocenters. The van der Waals surface area contributed by atoms with Crippen molar-refractivity contribution in [2.24, 2.45) is 0 Å². The number of ether oxygens (including phenoxy) is 2. The van der Waals surface area contributed by atoms with E-state index in [4.69, 9.17) is 13.9 Å². The van der Waals surface area contributed by atoms with E-state index in [1.165, 1.54) is 6.26 Å². The number of carbonyl (C=O) groups is 1. The molecular weight excluding hydrogens is 258 g/mol. The molecule has 2 aromatic rings. The fourth-order valence-electron chi connectivity index (χ4n) is 1.62. The average Bonchev–Trinajstić information content (AvgIpc) is 3.01. The fraction of sp³-hybridized carbons (Fsp3) is 0.267. The van der Waals surface area contributed by atoms with Gasteiger partial charge in [-0.25, -0.2) is 0 Å². The third-order valence-electron chi connectivity index (χ3n) is 2.68. The summed E-state index contributed by atoms with van der Waals surface area (Å²) in [5.41, 5.74) is 0.990. The summed E-state index contributed by atoms with van der Waals surface area (Å²) in [5.74, 6) is 0.864. The van der Waals surface area contributed by atoms with Crippen LogP contribution in [0.15, 0.2) is 47.1 Å². The first-order chi connectivity index (χ1) is 9.79. The molecule has 0 saturated carbocycles. The second-order valence-electron chi connectivity index (χ2n) is 4.15. The maximum atomic E-state index is 11.7. The molecule has 106 valence electrons. The Balaban J connectivity index is 1.80. The minimum atomic E-state index is -0.226. The standard InChI is InChI=1S/C15H17NO4/c1-18-9-10-19-13-6-4-12(5-7-13)11-16-15(17)14-3-2-8-20-14/h2-8H,9-11H2,1H3,(H,16,17). The van der Waals surface area contributed by atoms with Gasteiger partial charge < -0.3 is 19.2 Å². The van der Waals surface area contributed by atoms with E-state index in [2.05, 4.69) is 5.32 Å². The molecule has 1 amide bonds. The van der Waals surface area contributed by atoms with Crippen molar-refractivity contribution in [3.05, 3.63) is 54.0 Å². The molecule has 0 radical (unpaired) electrons. The summed E-state index contributed by atoms with van der Waals surface area (Å²) in [7, 11) is 1.63. The highest BCUT2D eigenvalue weighted by atomic mass is 16.5. The summed E-state index contributed by atoms with van der Waals surface area (Å²) in [5, 5.41) is 2.78. The van der Waals surface area contributed by atoms with Crippen LogP contribution in [-0.4, -0.2) is 26.2 Å². The van der Waals surface area contributed by atoms with Crippen LogP contribution in [0.2, 0.25) is 0 Å². The summed E-state index contributed by atoms with van der Waals surface area (Å²) in [6.07, 6.45) is 1.47. The van der Waals surface area contributed by atoms with Gasteiger partial charge in [-0.1, -0.05) is 12.1 Å². The van der Waals surface area contributed by atoms with Crippen LogP contribution >= 0.6 is 0 Å². The molecule has 1 heterocycles. The summed E-state index contributed by atoms with van der Waals surface area (Å²) >= 11 is 0. The smallest absolute Gasteiger partial charge is 0.287 e. The predicted molar refractivity (Wildman–Crippen MR) is 73.7 cm³/mol. The van der Waals surface area contributed by atoms with Crippen molar-refractivity contribution in [3.8, 4) is 5.75 Å². The van der Waals surface area contributed by atoms with Crippen molar-refractivity contribution < 1.29 is 18.7 Å². The Hall–Kier alpha value is -2.27.